The number of nitrogens with zero attached hydrogens (tertiary/aromatic N) is 1. The summed E-state index contributed by atoms with van der Waals surface area (Å²) in [5, 5.41) is 3.10. The molecule has 0 aliphatic heterocycles. The predicted octanol–water partition coefficient (Wildman–Crippen LogP) is 3.39. The third-order valence-corrected chi connectivity index (χ3v) is 3.52. The van der Waals surface area contributed by atoms with Crippen molar-refractivity contribution in [1.82, 2.24) is 5.32 Å². The molecule has 0 radical (unpaired) electrons. The van der Waals surface area contributed by atoms with Gasteiger partial charge in [-0.3, -0.25) is 4.79 Å². The van der Waals surface area contributed by atoms with Crippen LogP contribution in [0, 0.1) is 0 Å². The van der Waals surface area contributed by atoms with Gasteiger partial charge in [0.2, 0.25) is 5.91 Å². The third kappa shape index (κ3) is 4.35. The lowest BCUT2D eigenvalue weighted by atomic mass is 10.0. The van der Waals surface area contributed by atoms with E-state index >= 15 is 0 Å². The number of hydrogen-bond acceptors (Lipinski definition) is 2. The highest BCUT2D eigenvalue weighted by Gasteiger charge is 2.13. The van der Waals surface area contributed by atoms with Crippen molar-refractivity contribution < 1.29 is 4.79 Å². The van der Waals surface area contributed by atoms with Crippen LogP contribution < -0.4 is 10.2 Å². The van der Waals surface area contributed by atoms with Crippen LogP contribution >= 0.6 is 0 Å². The predicted molar refractivity (Wildman–Crippen MR) is 87.3 cm³/mol. The number of anilines is 1. The summed E-state index contributed by atoms with van der Waals surface area (Å²) in [6.07, 6.45) is 0.880. The number of amides is 1. The quantitative estimate of drug-likeness (QED) is 0.881. The molecular weight excluding hydrogens is 260 g/mol. The Morgan fingerprint density at radius 1 is 1.05 bits per heavy atom. The average Bonchev–Trinajstić information content (AvgIpc) is 2.54. The number of benzene rings is 2. The number of rotatable bonds is 6. The van der Waals surface area contributed by atoms with Crippen molar-refractivity contribution in [3.63, 3.8) is 0 Å². The number of hydrogen-bond donors (Lipinski definition) is 1. The van der Waals surface area contributed by atoms with Crippen LogP contribution in [0.25, 0.3) is 0 Å². The van der Waals surface area contributed by atoms with Crippen LogP contribution in [-0.2, 0) is 4.79 Å². The fourth-order valence-corrected chi connectivity index (χ4v) is 2.34. The number of carbonyl (C=O) groups excluding carboxylic acids is 1. The lowest BCUT2D eigenvalue weighted by molar-refractivity contribution is -0.120. The van der Waals surface area contributed by atoms with Gasteiger partial charge in [-0.05, 0) is 24.1 Å². The van der Waals surface area contributed by atoms with Crippen molar-refractivity contribution in [2.75, 3.05) is 18.5 Å². The highest BCUT2D eigenvalue weighted by molar-refractivity contribution is 5.81. The molecule has 2 aromatic carbocycles. The first-order valence-corrected chi connectivity index (χ1v) is 7.31. The average molecular weight is 282 g/mol. The normalized spacial score (nSPS) is 11.7. The molecule has 2 rings (SSSR count). The van der Waals surface area contributed by atoms with E-state index in [0.29, 0.717) is 6.54 Å². The number of nitrogens with one attached hydrogen (secondary N) is 1. The molecule has 1 atom stereocenters. The van der Waals surface area contributed by atoms with Crippen LogP contribution in [-0.4, -0.2) is 19.5 Å². The van der Waals surface area contributed by atoms with E-state index < -0.39 is 0 Å². The minimum atomic E-state index is 0.0389. The number of para-hydroxylation sites is 1. The molecule has 1 N–H and O–H groups in total. The highest BCUT2D eigenvalue weighted by Crippen LogP contribution is 2.16. The van der Waals surface area contributed by atoms with Gasteiger partial charge in [0.25, 0.3) is 0 Å². The van der Waals surface area contributed by atoms with Crippen LogP contribution in [0.15, 0.2) is 60.7 Å². The van der Waals surface area contributed by atoms with Crippen molar-refractivity contribution in [1.29, 1.82) is 0 Å². The van der Waals surface area contributed by atoms with E-state index in [-0.39, 0.29) is 11.9 Å². The van der Waals surface area contributed by atoms with E-state index in [1.54, 1.807) is 0 Å². The molecule has 0 aliphatic rings. The molecule has 0 heterocycles. The molecular formula is C18H22N2O. The Labute approximate surface area is 126 Å². The van der Waals surface area contributed by atoms with E-state index in [4.69, 9.17) is 0 Å². The topological polar surface area (TPSA) is 32.3 Å². The van der Waals surface area contributed by atoms with Gasteiger partial charge in [0.1, 0.15) is 0 Å². The van der Waals surface area contributed by atoms with Crippen molar-refractivity contribution in [3.8, 4) is 0 Å². The summed E-state index contributed by atoms with van der Waals surface area (Å²) in [4.78, 5) is 14.2. The summed E-state index contributed by atoms with van der Waals surface area (Å²) in [5.41, 5.74) is 2.19. The summed E-state index contributed by atoms with van der Waals surface area (Å²) >= 11 is 0. The molecule has 21 heavy (non-hydrogen) atoms. The van der Waals surface area contributed by atoms with Gasteiger partial charge in [0, 0.05) is 12.7 Å². The molecule has 2 aromatic rings. The Morgan fingerprint density at radius 2 is 1.62 bits per heavy atom. The highest BCUT2D eigenvalue weighted by atomic mass is 16.2. The Kier molecular flexibility index (Phi) is 5.38. The maximum absolute atomic E-state index is 12.2. The third-order valence-electron chi connectivity index (χ3n) is 3.52. The van der Waals surface area contributed by atoms with Crippen molar-refractivity contribution >= 4 is 11.6 Å². The maximum Gasteiger partial charge on any atom is 0.239 e. The summed E-state index contributed by atoms with van der Waals surface area (Å²) in [6.45, 7) is 2.44. The SMILES string of the molecule is CCC(NC(=O)CN(C)c1ccccc1)c1ccccc1. The first-order chi connectivity index (χ1) is 10.2. The Bertz CT molecular complexity index is 554. The van der Waals surface area contributed by atoms with Gasteiger partial charge in [-0.2, -0.15) is 0 Å². The standard InChI is InChI=1S/C18H22N2O/c1-3-17(15-10-6-4-7-11-15)19-18(21)14-20(2)16-12-8-5-9-13-16/h4-13,17H,3,14H2,1-2H3,(H,19,21). The molecule has 0 saturated heterocycles. The Balaban J connectivity index is 1.94. The van der Waals surface area contributed by atoms with Crippen LogP contribution in [0.1, 0.15) is 24.9 Å². The lowest BCUT2D eigenvalue weighted by Gasteiger charge is -2.22. The fourth-order valence-electron chi connectivity index (χ4n) is 2.34. The fraction of sp³-hybridized carbons (Fsp3) is 0.278. The Morgan fingerprint density at radius 3 is 2.19 bits per heavy atom. The maximum atomic E-state index is 12.2. The molecule has 0 spiro atoms. The number of likely N-dealkylation sites (N-methyl/N-ethyl adjacent to an activating group) is 1. The molecule has 1 amide bonds. The monoisotopic (exact) mass is 282 g/mol. The van der Waals surface area contributed by atoms with E-state index in [2.05, 4.69) is 24.4 Å². The Hall–Kier alpha value is -2.29. The van der Waals surface area contributed by atoms with Gasteiger partial charge in [0.05, 0.1) is 12.6 Å². The van der Waals surface area contributed by atoms with Crippen LogP contribution in [0.4, 0.5) is 5.69 Å². The van der Waals surface area contributed by atoms with E-state index in [9.17, 15) is 4.79 Å². The zero-order chi connectivity index (χ0) is 15.1. The minimum Gasteiger partial charge on any atom is -0.365 e. The molecule has 110 valence electrons. The summed E-state index contributed by atoms with van der Waals surface area (Å²) in [6, 6.07) is 20.1. The van der Waals surface area contributed by atoms with Gasteiger partial charge < -0.3 is 10.2 Å². The molecule has 1 unspecified atom stereocenters. The molecule has 0 fully saturated rings. The second-order valence-electron chi connectivity index (χ2n) is 5.13. The molecule has 0 bridgehead atoms. The van der Waals surface area contributed by atoms with Crippen LogP contribution in [0.3, 0.4) is 0 Å². The van der Waals surface area contributed by atoms with Crippen molar-refractivity contribution in [3.05, 3.63) is 66.2 Å². The zero-order valence-electron chi connectivity index (χ0n) is 12.6. The smallest absolute Gasteiger partial charge is 0.239 e. The lowest BCUT2D eigenvalue weighted by Crippen LogP contribution is -2.37. The first kappa shape index (κ1) is 15.1. The van der Waals surface area contributed by atoms with Crippen molar-refractivity contribution in [2.45, 2.75) is 19.4 Å². The first-order valence-electron chi connectivity index (χ1n) is 7.31. The van der Waals surface area contributed by atoms with Gasteiger partial charge in [-0.25, -0.2) is 0 Å². The summed E-state index contributed by atoms with van der Waals surface area (Å²) < 4.78 is 0. The molecule has 0 saturated carbocycles. The molecule has 0 aromatic heterocycles. The van der Waals surface area contributed by atoms with Gasteiger partial charge >= 0.3 is 0 Å². The molecule has 3 nitrogen and oxygen atoms in total. The van der Waals surface area contributed by atoms with E-state index in [1.165, 1.54) is 0 Å². The second-order valence-corrected chi connectivity index (χ2v) is 5.13. The molecule has 0 aliphatic carbocycles. The van der Waals surface area contributed by atoms with Crippen LogP contribution in [0.5, 0.6) is 0 Å². The summed E-state index contributed by atoms with van der Waals surface area (Å²) in [7, 11) is 1.93. The number of carbonyl (C=O) groups is 1. The van der Waals surface area contributed by atoms with Crippen molar-refractivity contribution in [2.24, 2.45) is 0 Å². The second kappa shape index (κ2) is 7.48. The van der Waals surface area contributed by atoms with E-state index in [0.717, 1.165) is 17.7 Å². The van der Waals surface area contributed by atoms with Crippen LogP contribution in [0.2, 0.25) is 0 Å². The zero-order valence-corrected chi connectivity index (χ0v) is 12.6. The minimum absolute atomic E-state index is 0.0389. The van der Waals surface area contributed by atoms with Gasteiger partial charge in [0.15, 0.2) is 0 Å². The van der Waals surface area contributed by atoms with Gasteiger partial charge in [-0.1, -0.05) is 55.5 Å². The largest absolute Gasteiger partial charge is 0.365 e. The van der Waals surface area contributed by atoms with E-state index in [1.807, 2.05) is 60.5 Å². The molecule has 3 heteroatoms. The van der Waals surface area contributed by atoms with Gasteiger partial charge in [-0.15, -0.1) is 0 Å². The summed E-state index contributed by atoms with van der Waals surface area (Å²) in [5.74, 6) is 0.0389.